The highest BCUT2D eigenvalue weighted by atomic mass is 16.5. The topological polar surface area (TPSA) is 96.5 Å². The predicted molar refractivity (Wildman–Crippen MR) is 77.1 cm³/mol. The van der Waals surface area contributed by atoms with E-state index < -0.39 is 6.04 Å². The number of benzene rings is 1. The van der Waals surface area contributed by atoms with Crippen LogP contribution < -0.4 is 20.7 Å². The molecule has 1 aromatic carbocycles. The Morgan fingerprint density at radius 2 is 2.10 bits per heavy atom. The number of methoxy groups -OCH3 is 1. The average molecular weight is 291 g/mol. The van der Waals surface area contributed by atoms with Crippen molar-refractivity contribution in [1.29, 1.82) is 0 Å². The lowest BCUT2D eigenvalue weighted by Crippen LogP contribution is -2.37. The average Bonchev–Trinajstić information content (AvgIpc) is 2.85. The van der Waals surface area contributed by atoms with Gasteiger partial charge in [-0.15, -0.1) is 0 Å². The molecular formula is C14H17N3O4. The van der Waals surface area contributed by atoms with E-state index in [2.05, 4.69) is 16.0 Å². The molecule has 7 heteroatoms. The van der Waals surface area contributed by atoms with E-state index >= 15 is 0 Å². The number of amides is 3. The molecule has 1 unspecified atom stereocenters. The molecule has 1 heterocycles. The van der Waals surface area contributed by atoms with Crippen molar-refractivity contribution in [2.45, 2.75) is 25.8 Å². The number of hydrogen-bond acceptors (Lipinski definition) is 4. The van der Waals surface area contributed by atoms with Gasteiger partial charge in [0.1, 0.15) is 11.8 Å². The van der Waals surface area contributed by atoms with Crippen molar-refractivity contribution in [3.63, 3.8) is 0 Å². The Bertz CT molecular complexity index is 586. The van der Waals surface area contributed by atoms with Crippen LogP contribution in [-0.2, 0) is 14.4 Å². The van der Waals surface area contributed by atoms with Gasteiger partial charge >= 0.3 is 0 Å². The van der Waals surface area contributed by atoms with E-state index in [1.165, 1.54) is 14.0 Å². The third-order valence-corrected chi connectivity index (χ3v) is 3.09. The van der Waals surface area contributed by atoms with Gasteiger partial charge in [-0.1, -0.05) is 0 Å². The number of carbonyl (C=O) groups is 3. The molecule has 1 saturated heterocycles. The molecule has 2 rings (SSSR count). The molecule has 1 fully saturated rings. The quantitative estimate of drug-likeness (QED) is 0.767. The Balaban J connectivity index is 2.11. The Labute approximate surface area is 122 Å². The lowest BCUT2D eigenvalue weighted by atomic mass is 10.2. The zero-order valence-corrected chi connectivity index (χ0v) is 11.9. The maximum Gasteiger partial charge on any atom is 0.246 e. The number of rotatable bonds is 4. The highest BCUT2D eigenvalue weighted by Gasteiger charge is 2.27. The fourth-order valence-corrected chi connectivity index (χ4v) is 2.11. The molecule has 0 aliphatic carbocycles. The van der Waals surface area contributed by atoms with Crippen LogP contribution in [-0.4, -0.2) is 30.9 Å². The van der Waals surface area contributed by atoms with Crippen LogP contribution in [0.2, 0.25) is 0 Å². The van der Waals surface area contributed by atoms with Crippen LogP contribution in [0.3, 0.4) is 0 Å². The maximum atomic E-state index is 12.0. The standard InChI is InChI=1S/C14H17N3O4/c1-8(18)15-11-7-9(3-5-12(11)21-2)16-14(20)10-4-6-13(19)17-10/h3,5,7,10H,4,6H2,1-2H3,(H,15,18)(H,16,20)(H,17,19). The van der Waals surface area contributed by atoms with Crippen molar-refractivity contribution >= 4 is 29.1 Å². The van der Waals surface area contributed by atoms with Crippen molar-refractivity contribution < 1.29 is 19.1 Å². The van der Waals surface area contributed by atoms with Gasteiger partial charge in [-0.3, -0.25) is 14.4 Å². The number of hydrogen-bond donors (Lipinski definition) is 3. The van der Waals surface area contributed by atoms with Crippen LogP contribution in [0.15, 0.2) is 18.2 Å². The van der Waals surface area contributed by atoms with Gasteiger partial charge in [-0.05, 0) is 24.6 Å². The Hall–Kier alpha value is -2.57. The van der Waals surface area contributed by atoms with Crippen molar-refractivity contribution in [2.75, 3.05) is 17.7 Å². The molecule has 1 aliphatic heterocycles. The van der Waals surface area contributed by atoms with Crippen LogP contribution in [0.5, 0.6) is 5.75 Å². The molecule has 21 heavy (non-hydrogen) atoms. The molecule has 0 spiro atoms. The Morgan fingerprint density at radius 1 is 1.33 bits per heavy atom. The molecule has 0 bridgehead atoms. The summed E-state index contributed by atoms with van der Waals surface area (Å²) in [6.45, 7) is 1.39. The van der Waals surface area contributed by atoms with Crippen molar-refractivity contribution in [3.8, 4) is 5.75 Å². The first-order chi connectivity index (χ1) is 9.99. The molecular weight excluding hydrogens is 274 g/mol. The summed E-state index contributed by atoms with van der Waals surface area (Å²) in [5, 5.41) is 7.94. The van der Waals surface area contributed by atoms with Crippen molar-refractivity contribution in [3.05, 3.63) is 18.2 Å². The van der Waals surface area contributed by atoms with E-state index in [-0.39, 0.29) is 17.7 Å². The lowest BCUT2D eigenvalue weighted by molar-refractivity contribution is -0.122. The largest absolute Gasteiger partial charge is 0.495 e. The van der Waals surface area contributed by atoms with E-state index in [9.17, 15) is 14.4 Å². The van der Waals surface area contributed by atoms with E-state index in [0.717, 1.165) is 0 Å². The smallest absolute Gasteiger partial charge is 0.246 e. The van der Waals surface area contributed by atoms with Crippen LogP contribution in [0.25, 0.3) is 0 Å². The minimum Gasteiger partial charge on any atom is -0.495 e. The molecule has 0 saturated carbocycles. The zero-order valence-electron chi connectivity index (χ0n) is 11.9. The van der Waals surface area contributed by atoms with Gasteiger partial charge in [0.05, 0.1) is 12.8 Å². The zero-order chi connectivity index (χ0) is 15.4. The second-order valence-corrected chi connectivity index (χ2v) is 4.74. The summed E-state index contributed by atoms with van der Waals surface area (Å²) in [6, 6.07) is 4.41. The second kappa shape index (κ2) is 6.25. The van der Waals surface area contributed by atoms with Crippen molar-refractivity contribution in [2.24, 2.45) is 0 Å². The third-order valence-electron chi connectivity index (χ3n) is 3.09. The van der Waals surface area contributed by atoms with Gasteiger partial charge < -0.3 is 20.7 Å². The predicted octanol–water partition coefficient (Wildman–Crippen LogP) is 0.871. The highest BCUT2D eigenvalue weighted by Crippen LogP contribution is 2.28. The highest BCUT2D eigenvalue weighted by molar-refractivity contribution is 6.00. The number of ether oxygens (including phenoxy) is 1. The Kier molecular flexibility index (Phi) is 4.42. The van der Waals surface area contributed by atoms with Gasteiger partial charge in [-0.2, -0.15) is 0 Å². The van der Waals surface area contributed by atoms with E-state index in [4.69, 9.17) is 4.74 Å². The second-order valence-electron chi connectivity index (χ2n) is 4.74. The molecule has 0 aromatic heterocycles. The number of anilines is 2. The fraction of sp³-hybridized carbons (Fsp3) is 0.357. The van der Waals surface area contributed by atoms with Crippen LogP contribution in [0.4, 0.5) is 11.4 Å². The maximum absolute atomic E-state index is 12.0. The van der Waals surface area contributed by atoms with Crippen LogP contribution in [0.1, 0.15) is 19.8 Å². The number of nitrogens with one attached hydrogen (secondary N) is 3. The van der Waals surface area contributed by atoms with Crippen LogP contribution >= 0.6 is 0 Å². The summed E-state index contributed by atoms with van der Waals surface area (Å²) in [6.07, 6.45) is 0.844. The van der Waals surface area contributed by atoms with Gasteiger partial charge in [0.25, 0.3) is 0 Å². The summed E-state index contributed by atoms with van der Waals surface area (Å²) in [7, 11) is 1.49. The third kappa shape index (κ3) is 3.71. The van der Waals surface area contributed by atoms with Crippen molar-refractivity contribution in [1.82, 2.24) is 5.32 Å². The summed E-state index contributed by atoms with van der Waals surface area (Å²) in [5.41, 5.74) is 0.990. The van der Waals surface area contributed by atoms with Crippen LogP contribution in [0, 0.1) is 0 Å². The monoisotopic (exact) mass is 291 g/mol. The van der Waals surface area contributed by atoms with Gasteiger partial charge in [0, 0.05) is 19.0 Å². The summed E-state index contributed by atoms with van der Waals surface area (Å²) in [5.74, 6) is -0.138. The van der Waals surface area contributed by atoms with E-state index in [1.54, 1.807) is 18.2 Å². The normalized spacial score (nSPS) is 17.0. The number of carbonyl (C=O) groups excluding carboxylic acids is 3. The summed E-state index contributed by atoms with van der Waals surface area (Å²) >= 11 is 0. The van der Waals surface area contributed by atoms with E-state index in [1.807, 2.05) is 0 Å². The summed E-state index contributed by atoms with van der Waals surface area (Å²) < 4.78 is 5.14. The molecule has 3 amide bonds. The molecule has 1 atom stereocenters. The fourth-order valence-electron chi connectivity index (χ4n) is 2.11. The first-order valence-electron chi connectivity index (χ1n) is 6.55. The van der Waals surface area contributed by atoms with E-state index in [0.29, 0.717) is 30.0 Å². The minimum atomic E-state index is -0.510. The molecule has 0 radical (unpaired) electrons. The molecule has 7 nitrogen and oxygen atoms in total. The first kappa shape index (κ1) is 14.8. The molecule has 1 aromatic rings. The summed E-state index contributed by atoms with van der Waals surface area (Å²) in [4.78, 5) is 34.3. The molecule has 112 valence electrons. The van der Waals surface area contributed by atoms with Gasteiger partial charge in [0.15, 0.2) is 0 Å². The van der Waals surface area contributed by atoms with Gasteiger partial charge in [0.2, 0.25) is 17.7 Å². The minimum absolute atomic E-state index is 0.121. The first-order valence-corrected chi connectivity index (χ1v) is 6.55. The van der Waals surface area contributed by atoms with Gasteiger partial charge in [-0.25, -0.2) is 0 Å². The lowest BCUT2D eigenvalue weighted by Gasteiger charge is -2.14. The molecule has 1 aliphatic rings. The Morgan fingerprint density at radius 3 is 2.67 bits per heavy atom. The SMILES string of the molecule is COc1ccc(NC(=O)C2CCC(=O)N2)cc1NC(C)=O. The molecule has 3 N–H and O–H groups in total.